The van der Waals surface area contributed by atoms with E-state index in [-0.39, 0.29) is 23.3 Å². The zero-order valence-corrected chi connectivity index (χ0v) is 17.7. The van der Waals surface area contributed by atoms with Crippen LogP contribution in [0.1, 0.15) is 30.9 Å². The van der Waals surface area contributed by atoms with E-state index in [9.17, 15) is 13.2 Å². The number of hydrogen-bond donors (Lipinski definition) is 1. The van der Waals surface area contributed by atoms with Crippen molar-refractivity contribution in [3.05, 3.63) is 59.7 Å². The Morgan fingerprint density at radius 1 is 1.17 bits per heavy atom. The number of nitrogens with zero attached hydrogens (tertiary/aromatic N) is 1. The molecule has 0 radical (unpaired) electrons. The van der Waals surface area contributed by atoms with Gasteiger partial charge in [0, 0.05) is 25.2 Å². The number of aryl methyl sites for hydroxylation is 1. The van der Waals surface area contributed by atoms with Crippen molar-refractivity contribution in [1.29, 1.82) is 0 Å². The highest BCUT2D eigenvalue weighted by molar-refractivity contribution is 7.89. The molecule has 1 aliphatic heterocycles. The van der Waals surface area contributed by atoms with Gasteiger partial charge in [-0.3, -0.25) is 4.79 Å². The first kappa shape index (κ1) is 21.3. The minimum Gasteiger partial charge on any atom is -0.494 e. The maximum absolute atomic E-state index is 12.9. The normalized spacial score (nSPS) is 17.7. The van der Waals surface area contributed by atoms with Crippen LogP contribution in [-0.4, -0.2) is 38.3 Å². The molecule has 1 fully saturated rings. The molecule has 2 aromatic carbocycles. The minimum atomic E-state index is -3.59. The van der Waals surface area contributed by atoms with E-state index in [1.54, 1.807) is 24.3 Å². The van der Waals surface area contributed by atoms with E-state index in [1.165, 1.54) is 4.31 Å². The fourth-order valence-corrected chi connectivity index (χ4v) is 5.03. The molecular weight excluding hydrogens is 388 g/mol. The molecule has 0 bridgehead atoms. The molecule has 0 aromatic heterocycles. The van der Waals surface area contributed by atoms with Crippen LogP contribution in [0.4, 0.5) is 0 Å². The largest absolute Gasteiger partial charge is 0.494 e. The van der Waals surface area contributed by atoms with Gasteiger partial charge in [-0.15, -0.1) is 0 Å². The van der Waals surface area contributed by atoms with Gasteiger partial charge in [0.1, 0.15) is 5.75 Å². The number of carbonyl (C=O) groups excluding carboxylic acids is 1. The molecule has 1 N–H and O–H groups in total. The number of ether oxygens (including phenoxy) is 1. The van der Waals surface area contributed by atoms with Crippen molar-refractivity contribution in [3.63, 3.8) is 0 Å². The van der Waals surface area contributed by atoms with Crippen LogP contribution in [0.15, 0.2) is 53.4 Å². The van der Waals surface area contributed by atoms with Crippen molar-refractivity contribution in [2.24, 2.45) is 5.92 Å². The van der Waals surface area contributed by atoms with E-state index in [0.717, 1.165) is 16.9 Å². The summed E-state index contributed by atoms with van der Waals surface area (Å²) in [6, 6.07) is 14.4. The standard InChI is InChI=1S/C22H28N2O4S/c1-3-28-21-9-5-4-7-18(21)15-23-22(25)19-8-6-14-24(16-19)29(26,27)20-12-10-17(2)11-13-20/h4-5,7,9-13,19H,3,6,8,14-16H2,1-2H3,(H,23,25)/t19-/m1/s1. The highest BCUT2D eigenvalue weighted by Gasteiger charge is 2.33. The average molecular weight is 417 g/mol. The van der Waals surface area contributed by atoms with Gasteiger partial charge in [0.25, 0.3) is 0 Å². The van der Waals surface area contributed by atoms with Crippen LogP contribution >= 0.6 is 0 Å². The number of nitrogens with one attached hydrogen (secondary N) is 1. The molecule has 29 heavy (non-hydrogen) atoms. The third-order valence-corrected chi connectivity index (χ3v) is 7.02. The molecule has 7 heteroatoms. The first-order chi connectivity index (χ1) is 13.9. The summed E-state index contributed by atoms with van der Waals surface area (Å²) in [7, 11) is -3.59. The van der Waals surface area contributed by atoms with Gasteiger partial charge in [-0.25, -0.2) is 8.42 Å². The van der Waals surface area contributed by atoms with Gasteiger partial charge in [0.2, 0.25) is 15.9 Å². The van der Waals surface area contributed by atoms with Gasteiger partial charge in [0.05, 0.1) is 17.4 Å². The number of sulfonamides is 1. The van der Waals surface area contributed by atoms with E-state index in [4.69, 9.17) is 4.74 Å². The SMILES string of the molecule is CCOc1ccccc1CNC(=O)[C@@H]1CCCN(S(=O)(=O)c2ccc(C)cc2)C1. The maximum Gasteiger partial charge on any atom is 0.243 e. The summed E-state index contributed by atoms with van der Waals surface area (Å²) in [5.74, 6) is 0.269. The fourth-order valence-electron chi connectivity index (χ4n) is 3.51. The number of hydrogen-bond acceptors (Lipinski definition) is 4. The predicted molar refractivity (Wildman–Crippen MR) is 112 cm³/mol. The number of benzene rings is 2. The first-order valence-corrected chi connectivity index (χ1v) is 11.4. The summed E-state index contributed by atoms with van der Waals surface area (Å²) in [6.45, 7) is 5.39. The summed E-state index contributed by atoms with van der Waals surface area (Å²) in [4.78, 5) is 13.0. The van der Waals surface area contributed by atoms with E-state index in [1.807, 2.05) is 38.1 Å². The maximum atomic E-state index is 12.9. The number of rotatable bonds is 7. The Morgan fingerprint density at radius 3 is 2.62 bits per heavy atom. The van der Waals surface area contributed by atoms with Crippen LogP contribution in [0.3, 0.4) is 0 Å². The van der Waals surface area contributed by atoms with Gasteiger partial charge >= 0.3 is 0 Å². The van der Waals surface area contributed by atoms with E-state index in [0.29, 0.717) is 32.5 Å². The molecule has 3 rings (SSSR count). The zero-order valence-electron chi connectivity index (χ0n) is 16.9. The Hall–Kier alpha value is -2.38. The van der Waals surface area contributed by atoms with Crippen LogP contribution in [0.5, 0.6) is 5.75 Å². The van der Waals surface area contributed by atoms with Crippen LogP contribution in [0.25, 0.3) is 0 Å². The van der Waals surface area contributed by atoms with Crippen LogP contribution in [-0.2, 0) is 21.4 Å². The summed E-state index contributed by atoms with van der Waals surface area (Å²) in [5, 5.41) is 2.95. The molecule has 0 saturated carbocycles. The van der Waals surface area contributed by atoms with Gasteiger partial charge in [0.15, 0.2) is 0 Å². The van der Waals surface area contributed by atoms with Crippen molar-refractivity contribution in [3.8, 4) is 5.75 Å². The molecular formula is C22H28N2O4S. The first-order valence-electron chi connectivity index (χ1n) is 9.97. The molecule has 1 heterocycles. The predicted octanol–water partition coefficient (Wildman–Crippen LogP) is 3.11. The summed E-state index contributed by atoms with van der Waals surface area (Å²) < 4.78 is 32.9. The topological polar surface area (TPSA) is 75.7 Å². The van der Waals surface area contributed by atoms with Crippen molar-refractivity contribution >= 4 is 15.9 Å². The molecule has 156 valence electrons. The Bertz CT molecular complexity index is 942. The van der Waals surface area contributed by atoms with Gasteiger partial charge < -0.3 is 10.1 Å². The van der Waals surface area contributed by atoms with Gasteiger partial charge in [-0.1, -0.05) is 35.9 Å². The Labute approximate surface area is 172 Å². The number of piperidine rings is 1. The number of para-hydroxylation sites is 1. The van der Waals surface area contributed by atoms with Crippen molar-refractivity contribution in [1.82, 2.24) is 9.62 Å². The summed E-state index contributed by atoms with van der Waals surface area (Å²) in [5.41, 5.74) is 1.91. The smallest absolute Gasteiger partial charge is 0.243 e. The van der Waals surface area contributed by atoms with Crippen molar-refractivity contribution in [2.75, 3.05) is 19.7 Å². The molecule has 1 amide bonds. The second-order valence-corrected chi connectivity index (χ2v) is 9.21. The summed E-state index contributed by atoms with van der Waals surface area (Å²) in [6.07, 6.45) is 1.34. The minimum absolute atomic E-state index is 0.125. The van der Waals surface area contributed by atoms with Crippen molar-refractivity contribution < 1.29 is 17.9 Å². The molecule has 1 atom stereocenters. The lowest BCUT2D eigenvalue weighted by Gasteiger charge is -2.31. The highest BCUT2D eigenvalue weighted by atomic mass is 32.2. The number of amides is 1. The van der Waals surface area contributed by atoms with Crippen LogP contribution < -0.4 is 10.1 Å². The Balaban J connectivity index is 1.64. The van der Waals surface area contributed by atoms with E-state index >= 15 is 0 Å². The lowest BCUT2D eigenvalue weighted by Crippen LogP contribution is -2.45. The van der Waals surface area contributed by atoms with Crippen LogP contribution in [0.2, 0.25) is 0 Å². The summed E-state index contributed by atoms with van der Waals surface area (Å²) >= 11 is 0. The lowest BCUT2D eigenvalue weighted by molar-refractivity contribution is -0.126. The fraction of sp³-hybridized carbons (Fsp3) is 0.409. The van der Waals surface area contributed by atoms with Crippen LogP contribution in [0, 0.1) is 12.8 Å². The highest BCUT2D eigenvalue weighted by Crippen LogP contribution is 2.24. The van der Waals surface area contributed by atoms with E-state index in [2.05, 4.69) is 5.32 Å². The second kappa shape index (κ2) is 9.41. The number of carbonyl (C=O) groups is 1. The molecule has 0 aliphatic carbocycles. The average Bonchev–Trinajstić information content (AvgIpc) is 2.73. The van der Waals surface area contributed by atoms with Gasteiger partial charge in [-0.05, 0) is 44.9 Å². The lowest BCUT2D eigenvalue weighted by atomic mass is 9.98. The quantitative estimate of drug-likeness (QED) is 0.753. The van der Waals surface area contributed by atoms with Gasteiger partial charge in [-0.2, -0.15) is 4.31 Å². The molecule has 1 saturated heterocycles. The van der Waals surface area contributed by atoms with E-state index < -0.39 is 10.0 Å². The Kier molecular flexibility index (Phi) is 6.92. The molecule has 0 unspecified atom stereocenters. The molecule has 1 aliphatic rings. The molecule has 0 spiro atoms. The van der Waals surface area contributed by atoms with Crippen molar-refractivity contribution in [2.45, 2.75) is 38.1 Å². The monoisotopic (exact) mass is 416 g/mol. The molecule has 2 aromatic rings. The molecule has 6 nitrogen and oxygen atoms in total. The Morgan fingerprint density at radius 2 is 1.90 bits per heavy atom. The second-order valence-electron chi connectivity index (χ2n) is 7.27. The zero-order chi connectivity index (χ0) is 20.9. The third-order valence-electron chi connectivity index (χ3n) is 5.14. The third kappa shape index (κ3) is 5.16.